The lowest BCUT2D eigenvalue weighted by atomic mass is 9.98. The van der Waals surface area contributed by atoms with Gasteiger partial charge in [0.2, 0.25) is 0 Å². The molecule has 1 aromatic heterocycles. The van der Waals surface area contributed by atoms with E-state index in [1.54, 1.807) is 14.0 Å². The van der Waals surface area contributed by atoms with Crippen LogP contribution in [-0.4, -0.2) is 37.6 Å². The van der Waals surface area contributed by atoms with E-state index >= 15 is 0 Å². The first-order chi connectivity index (χ1) is 8.61. The predicted octanol–water partition coefficient (Wildman–Crippen LogP) is 2.52. The molecule has 1 aliphatic heterocycles. The molecule has 2 rings (SSSR count). The minimum absolute atomic E-state index is 0.116. The van der Waals surface area contributed by atoms with Crippen LogP contribution in [0.5, 0.6) is 0 Å². The zero-order chi connectivity index (χ0) is 13.1. The lowest BCUT2D eigenvalue weighted by molar-refractivity contribution is 0.102. The molecule has 0 atom stereocenters. The van der Waals surface area contributed by atoms with Gasteiger partial charge in [0.25, 0.3) is 0 Å². The van der Waals surface area contributed by atoms with E-state index in [1.807, 2.05) is 6.92 Å². The van der Waals surface area contributed by atoms with E-state index in [0.717, 1.165) is 48.2 Å². The molecule has 0 amide bonds. The van der Waals surface area contributed by atoms with Crippen LogP contribution in [0.15, 0.2) is 0 Å². The number of nitrogens with zero attached hydrogens (tertiary/aromatic N) is 2. The molecular formula is C13H20N2O2S. The number of hydrogen-bond acceptors (Lipinski definition) is 5. The third kappa shape index (κ3) is 2.90. The normalized spacial score (nSPS) is 17.2. The van der Waals surface area contributed by atoms with Crippen molar-refractivity contribution in [1.82, 2.24) is 4.98 Å². The Kier molecular flexibility index (Phi) is 4.35. The van der Waals surface area contributed by atoms with Crippen molar-refractivity contribution >= 4 is 22.3 Å². The SMILES string of the molecule is COCC1CCN(c2nc(C)c(C(C)=O)s2)CC1. The Hall–Kier alpha value is -0.940. The van der Waals surface area contributed by atoms with Gasteiger partial charge in [-0.3, -0.25) is 4.79 Å². The molecule has 0 radical (unpaired) electrons. The van der Waals surface area contributed by atoms with Crippen LogP contribution >= 0.6 is 11.3 Å². The number of hydrogen-bond donors (Lipinski definition) is 0. The summed E-state index contributed by atoms with van der Waals surface area (Å²) in [5, 5.41) is 0.994. The van der Waals surface area contributed by atoms with E-state index in [2.05, 4.69) is 9.88 Å². The molecule has 1 saturated heterocycles. The molecule has 18 heavy (non-hydrogen) atoms. The summed E-state index contributed by atoms with van der Waals surface area (Å²) in [6.07, 6.45) is 2.28. The largest absolute Gasteiger partial charge is 0.384 e. The van der Waals surface area contributed by atoms with Crippen LogP contribution in [0.1, 0.15) is 35.1 Å². The lowest BCUT2D eigenvalue weighted by Crippen LogP contribution is -2.34. The average Bonchev–Trinajstić information content (AvgIpc) is 2.73. The van der Waals surface area contributed by atoms with Gasteiger partial charge in [-0.05, 0) is 25.7 Å². The van der Waals surface area contributed by atoms with E-state index < -0.39 is 0 Å². The standard InChI is InChI=1S/C13H20N2O2S/c1-9-12(10(2)16)18-13(14-9)15-6-4-11(5-7-15)8-17-3/h11H,4-8H2,1-3H3. The summed E-state index contributed by atoms with van der Waals surface area (Å²) in [5.41, 5.74) is 0.863. The third-order valence-electron chi connectivity index (χ3n) is 3.39. The van der Waals surface area contributed by atoms with Crippen molar-refractivity contribution in [3.63, 3.8) is 0 Å². The summed E-state index contributed by atoms with van der Waals surface area (Å²) in [6, 6.07) is 0. The summed E-state index contributed by atoms with van der Waals surface area (Å²) in [7, 11) is 1.76. The van der Waals surface area contributed by atoms with Crippen LogP contribution in [0.4, 0.5) is 5.13 Å². The molecule has 100 valence electrons. The molecule has 1 fully saturated rings. The Labute approximate surface area is 112 Å². The summed E-state index contributed by atoms with van der Waals surface area (Å²) >= 11 is 1.52. The highest BCUT2D eigenvalue weighted by Crippen LogP contribution is 2.29. The first-order valence-electron chi connectivity index (χ1n) is 6.34. The first-order valence-corrected chi connectivity index (χ1v) is 7.15. The van der Waals surface area contributed by atoms with Gasteiger partial charge in [0.1, 0.15) is 0 Å². The van der Waals surface area contributed by atoms with Gasteiger partial charge in [-0.15, -0.1) is 0 Å². The van der Waals surface area contributed by atoms with Crippen molar-refractivity contribution in [2.75, 3.05) is 31.7 Å². The average molecular weight is 268 g/mol. The van der Waals surface area contributed by atoms with E-state index in [9.17, 15) is 4.79 Å². The molecule has 0 saturated carbocycles. The first kappa shape index (κ1) is 13.5. The Morgan fingerprint density at radius 3 is 2.67 bits per heavy atom. The van der Waals surface area contributed by atoms with E-state index in [4.69, 9.17) is 4.74 Å². The topological polar surface area (TPSA) is 42.4 Å². The summed E-state index contributed by atoms with van der Waals surface area (Å²) in [6.45, 7) is 6.39. The van der Waals surface area contributed by atoms with Crippen molar-refractivity contribution in [1.29, 1.82) is 0 Å². The molecule has 1 aliphatic rings. The highest BCUT2D eigenvalue weighted by atomic mass is 32.1. The Morgan fingerprint density at radius 1 is 1.50 bits per heavy atom. The fraction of sp³-hybridized carbons (Fsp3) is 0.692. The zero-order valence-corrected chi connectivity index (χ0v) is 12.0. The maximum atomic E-state index is 11.4. The Balaban J connectivity index is 2.01. The molecule has 0 spiro atoms. The predicted molar refractivity (Wildman–Crippen MR) is 73.7 cm³/mol. The smallest absolute Gasteiger partial charge is 0.186 e. The fourth-order valence-electron chi connectivity index (χ4n) is 2.37. The van der Waals surface area contributed by atoms with Gasteiger partial charge >= 0.3 is 0 Å². The van der Waals surface area contributed by atoms with Crippen LogP contribution in [0.25, 0.3) is 0 Å². The third-order valence-corrected chi connectivity index (χ3v) is 4.71. The number of aryl methyl sites for hydroxylation is 1. The maximum Gasteiger partial charge on any atom is 0.186 e. The van der Waals surface area contributed by atoms with E-state index in [-0.39, 0.29) is 5.78 Å². The number of Topliss-reactive ketones (excluding diaryl/α,β-unsaturated/α-hetero) is 1. The number of aromatic nitrogens is 1. The quantitative estimate of drug-likeness (QED) is 0.787. The molecular weight excluding hydrogens is 248 g/mol. The Morgan fingerprint density at radius 2 is 2.17 bits per heavy atom. The molecule has 0 aliphatic carbocycles. The summed E-state index contributed by atoms with van der Waals surface area (Å²) < 4.78 is 5.20. The fourth-order valence-corrected chi connectivity index (χ4v) is 3.38. The summed E-state index contributed by atoms with van der Waals surface area (Å²) in [4.78, 5) is 19.0. The van der Waals surface area contributed by atoms with E-state index in [0.29, 0.717) is 5.92 Å². The van der Waals surface area contributed by atoms with Crippen molar-refractivity contribution < 1.29 is 9.53 Å². The molecule has 2 heterocycles. The molecule has 0 bridgehead atoms. The van der Waals surface area contributed by atoms with Gasteiger partial charge in [0.15, 0.2) is 10.9 Å². The second-order valence-corrected chi connectivity index (χ2v) is 5.83. The number of thiazole rings is 1. The van der Waals surface area contributed by atoms with Gasteiger partial charge < -0.3 is 9.64 Å². The monoisotopic (exact) mass is 268 g/mol. The number of carbonyl (C=O) groups excluding carboxylic acids is 1. The minimum atomic E-state index is 0.116. The molecule has 4 nitrogen and oxygen atoms in total. The molecule has 0 N–H and O–H groups in total. The van der Waals surface area contributed by atoms with Crippen molar-refractivity contribution in [3.8, 4) is 0 Å². The van der Waals surface area contributed by atoms with Crippen LogP contribution < -0.4 is 4.90 Å². The van der Waals surface area contributed by atoms with Crippen LogP contribution in [0, 0.1) is 12.8 Å². The number of methoxy groups -OCH3 is 1. The van der Waals surface area contributed by atoms with Crippen molar-refractivity contribution in [2.45, 2.75) is 26.7 Å². The molecule has 0 aromatic carbocycles. The number of ether oxygens (including phenoxy) is 1. The number of carbonyl (C=O) groups is 1. The van der Waals surface area contributed by atoms with Gasteiger partial charge in [0, 0.05) is 33.7 Å². The highest BCUT2D eigenvalue weighted by Gasteiger charge is 2.22. The number of piperidine rings is 1. The minimum Gasteiger partial charge on any atom is -0.384 e. The maximum absolute atomic E-state index is 11.4. The zero-order valence-electron chi connectivity index (χ0n) is 11.2. The molecule has 5 heteroatoms. The lowest BCUT2D eigenvalue weighted by Gasteiger charge is -2.31. The Bertz CT molecular complexity index is 423. The molecule has 1 aromatic rings. The van der Waals surface area contributed by atoms with E-state index in [1.165, 1.54) is 11.3 Å². The second kappa shape index (κ2) is 5.80. The highest BCUT2D eigenvalue weighted by molar-refractivity contribution is 7.17. The van der Waals surface area contributed by atoms with Crippen LogP contribution in [0.2, 0.25) is 0 Å². The second-order valence-electron chi connectivity index (χ2n) is 4.85. The number of anilines is 1. The van der Waals surface area contributed by atoms with Crippen molar-refractivity contribution in [3.05, 3.63) is 10.6 Å². The van der Waals surface area contributed by atoms with Crippen LogP contribution in [-0.2, 0) is 4.74 Å². The van der Waals surface area contributed by atoms with Gasteiger partial charge in [-0.25, -0.2) is 4.98 Å². The van der Waals surface area contributed by atoms with Gasteiger partial charge in [-0.2, -0.15) is 0 Å². The number of ketones is 1. The molecule has 0 unspecified atom stereocenters. The van der Waals surface area contributed by atoms with Crippen LogP contribution in [0.3, 0.4) is 0 Å². The number of rotatable bonds is 4. The van der Waals surface area contributed by atoms with Gasteiger partial charge in [-0.1, -0.05) is 11.3 Å². The van der Waals surface area contributed by atoms with Crippen molar-refractivity contribution in [2.24, 2.45) is 5.92 Å². The summed E-state index contributed by atoms with van der Waals surface area (Å²) in [5.74, 6) is 0.783. The van der Waals surface area contributed by atoms with Gasteiger partial charge in [0.05, 0.1) is 10.6 Å².